The number of hydrogen-bond acceptors (Lipinski definition) is 5. The summed E-state index contributed by atoms with van der Waals surface area (Å²) in [6.45, 7) is 2.67. The third kappa shape index (κ3) is 4.19. The first-order chi connectivity index (χ1) is 14.1. The largest absolute Gasteiger partial charge is 0.496 e. The number of benzene rings is 2. The Balaban J connectivity index is 1.44. The lowest BCUT2D eigenvalue weighted by atomic mass is 10.1. The summed E-state index contributed by atoms with van der Waals surface area (Å²) in [6.07, 6.45) is 1.82. The number of aromatic nitrogens is 3. The summed E-state index contributed by atoms with van der Waals surface area (Å²) in [6, 6.07) is 18.9. The molecule has 7 nitrogen and oxygen atoms in total. The number of para-hydroxylation sites is 1. The monoisotopic (exact) mass is 388 g/mol. The van der Waals surface area contributed by atoms with Gasteiger partial charge < -0.3 is 14.6 Å². The standard InChI is InChI=1S/C22H20N4O3/c1-15-7-9-16(10-8-15)14-26-12-11-21(24-26)23-22(27)18-13-20(29-25-18)17-5-3-4-6-19(17)28-2/h3-13H,14H2,1-2H3,(H,23,24,27). The molecule has 2 aromatic heterocycles. The number of amides is 1. The van der Waals surface area contributed by atoms with Gasteiger partial charge in [0.05, 0.1) is 19.2 Å². The molecule has 2 aromatic carbocycles. The van der Waals surface area contributed by atoms with Crippen molar-refractivity contribution in [2.75, 3.05) is 12.4 Å². The number of aryl methyl sites for hydroxylation is 1. The van der Waals surface area contributed by atoms with Crippen LogP contribution in [-0.2, 0) is 6.54 Å². The molecule has 0 saturated heterocycles. The average molecular weight is 388 g/mol. The van der Waals surface area contributed by atoms with Gasteiger partial charge in [-0.05, 0) is 24.6 Å². The number of nitrogens with one attached hydrogen (secondary N) is 1. The molecule has 0 unspecified atom stereocenters. The number of anilines is 1. The number of methoxy groups -OCH3 is 1. The minimum Gasteiger partial charge on any atom is -0.496 e. The zero-order valence-corrected chi connectivity index (χ0v) is 16.1. The molecule has 0 spiro atoms. The van der Waals surface area contributed by atoms with E-state index < -0.39 is 5.91 Å². The fourth-order valence-electron chi connectivity index (χ4n) is 2.93. The minimum atomic E-state index is -0.393. The van der Waals surface area contributed by atoms with Crippen LogP contribution in [0.15, 0.2) is 71.4 Å². The van der Waals surface area contributed by atoms with Gasteiger partial charge in [-0.15, -0.1) is 0 Å². The SMILES string of the molecule is COc1ccccc1-c1cc(C(=O)Nc2ccn(Cc3ccc(C)cc3)n2)no1. The summed E-state index contributed by atoms with van der Waals surface area (Å²) in [4.78, 5) is 12.5. The summed E-state index contributed by atoms with van der Waals surface area (Å²) < 4.78 is 12.4. The predicted octanol–water partition coefficient (Wildman–Crippen LogP) is 4.16. The highest BCUT2D eigenvalue weighted by Gasteiger charge is 2.17. The number of nitrogens with zero attached hydrogens (tertiary/aromatic N) is 3. The molecule has 0 saturated carbocycles. The van der Waals surface area contributed by atoms with Crippen LogP contribution < -0.4 is 10.1 Å². The minimum absolute atomic E-state index is 0.166. The maximum atomic E-state index is 12.5. The van der Waals surface area contributed by atoms with E-state index in [1.165, 1.54) is 5.56 Å². The normalized spacial score (nSPS) is 10.7. The number of hydrogen-bond donors (Lipinski definition) is 1. The van der Waals surface area contributed by atoms with Crippen molar-refractivity contribution >= 4 is 11.7 Å². The molecule has 146 valence electrons. The molecule has 4 aromatic rings. The van der Waals surface area contributed by atoms with Gasteiger partial charge in [-0.3, -0.25) is 9.48 Å². The highest BCUT2D eigenvalue weighted by molar-refractivity contribution is 6.02. The molecular formula is C22H20N4O3. The van der Waals surface area contributed by atoms with E-state index in [9.17, 15) is 4.79 Å². The quantitative estimate of drug-likeness (QED) is 0.536. The summed E-state index contributed by atoms with van der Waals surface area (Å²) in [5.41, 5.74) is 3.24. The summed E-state index contributed by atoms with van der Waals surface area (Å²) in [5.74, 6) is 1.15. The molecule has 0 bridgehead atoms. The molecule has 1 N–H and O–H groups in total. The highest BCUT2D eigenvalue weighted by Crippen LogP contribution is 2.30. The van der Waals surface area contributed by atoms with Crippen LogP contribution in [0.3, 0.4) is 0 Å². The molecule has 29 heavy (non-hydrogen) atoms. The van der Waals surface area contributed by atoms with E-state index in [0.717, 1.165) is 11.1 Å². The molecule has 0 atom stereocenters. The van der Waals surface area contributed by atoms with Crippen molar-refractivity contribution in [3.05, 3.63) is 83.7 Å². The zero-order chi connectivity index (χ0) is 20.2. The van der Waals surface area contributed by atoms with E-state index in [2.05, 4.69) is 46.8 Å². The van der Waals surface area contributed by atoms with Crippen molar-refractivity contribution in [1.82, 2.24) is 14.9 Å². The van der Waals surface area contributed by atoms with Gasteiger partial charge in [-0.2, -0.15) is 5.10 Å². The Morgan fingerprint density at radius 2 is 1.93 bits per heavy atom. The van der Waals surface area contributed by atoms with Crippen molar-refractivity contribution in [3.8, 4) is 17.1 Å². The van der Waals surface area contributed by atoms with Crippen LogP contribution in [0.5, 0.6) is 5.75 Å². The number of rotatable bonds is 6. The van der Waals surface area contributed by atoms with Crippen molar-refractivity contribution in [2.45, 2.75) is 13.5 Å². The zero-order valence-electron chi connectivity index (χ0n) is 16.1. The van der Waals surface area contributed by atoms with Gasteiger partial charge in [0, 0.05) is 18.3 Å². The van der Waals surface area contributed by atoms with Crippen molar-refractivity contribution < 1.29 is 14.1 Å². The second kappa shape index (κ2) is 8.02. The third-order valence-corrected chi connectivity index (χ3v) is 4.46. The lowest BCUT2D eigenvalue weighted by molar-refractivity contribution is 0.101. The molecule has 1 amide bonds. The van der Waals surface area contributed by atoms with E-state index in [0.29, 0.717) is 23.9 Å². The third-order valence-electron chi connectivity index (χ3n) is 4.46. The predicted molar refractivity (Wildman–Crippen MR) is 109 cm³/mol. The van der Waals surface area contributed by atoms with E-state index in [1.54, 1.807) is 23.9 Å². The smallest absolute Gasteiger partial charge is 0.279 e. The van der Waals surface area contributed by atoms with E-state index in [-0.39, 0.29) is 5.69 Å². The van der Waals surface area contributed by atoms with Gasteiger partial charge >= 0.3 is 0 Å². The summed E-state index contributed by atoms with van der Waals surface area (Å²) >= 11 is 0. The lowest BCUT2D eigenvalue weighted by Crippen LogP contribution is -2.13. The Morgan fingerprint density at radius 3 is 2.72 bits per heavy atom. The lowest BCUT2D eigenvalue weighted by Gasteiger charge is -2.03. The molecule has 4 rings (SSSR count). The second-order valence-electron chi connectivity index (χ2n) is 6.61. The Hall–Kier alpha value is -3.87. The number of ether oxygens (including phenoxy) is 1. The van der Waals surface area contributed by atoms with Crippen LogP contribution >= 0.6 is 0 Å². The summed E-state index contributed by atoms with van der Waals surface area (Å²) in [7, 11) is 1.58. The first kappa shape index (κ1) is 18.5. The molecular weight excluding hydrogens is 368 g/mol. The Labute approximate surface area is 167 Å². The van der Waals surface area contributed by atoms with Crippen LogP contribution in [0.25, 0.3) is 11.3 Å². The summed E-state index contributed by atoms with van der Waals surface area (Å²) in [5, 5.41) is 11.0. The van der Waals surface area contributed by atoms with Crippen LogP contribution in [0.1, 0.15) is 21.6 Å². The van der Waals surface area contributed by atoms with Gasteiger partial charge in [-0.25, -0.2) is 0 Å². The van der Waals surface area contributed by atoms with Crippen LogP contribution in [0, 0.1) is 6.92 Å². The van der Waals surface area contributed by atoms with Crippen LogP contribution in [0.4, 0.5) is 5.82 Å². The molecule has 0 aliphatic heterocycles. The van der Waals surface area contributed by atoms with Gasteiger partial charge in [0.25, 0.3) is 5.91 Å². The maximum absolute atomic E-state index is 12.5. The van der Waals surface area contributed by atoms with Crippen molar-refractivity contribution in [3.63, 3.8) is 0 Å². The molecule has 0 fully saturated rings. The van der Waals surface area contributed by atoms with Gasteiger partial charge in [0.2, 0.25) is 0 Å². The number of carbonyl (C=O) groups is 1. The molecule has 0 radical (unpaired) electrons. The van der Waals surface area contributed by atoms with Crippen molar-refractivity contribution in [1.29, 1.82) is 0 Å². The van der Waals surface area contributed by atoms with Crippen molar-refractivity contribution in [2.24, 2.45) is 0 Å². The topological polar surface area (TPSA) is 82.2 Å². The van der Waals surface area contributed by atoms with E-state index in [4.69, 9.17) is 9.26 Å². The fraction of sp³-hybridized carbons (Fsp3) is 0.136. The first-order valence-electron chi connectivity index (χ1n) is 9.13. The fourth-order valence-corrected chi connectivity index (χ4v) is 2.93. The maximum Gasteiger partial charge on any atom is 0.279 e. The Morgan fingerprint density at radius 1 is 1.14 bits per heavy atom. The Kier molecular flexibility index (Phi) is 5.11. The van der Waals surface area contributed by atoms with E-state index in [1.807, 2.05) is 30.5 Å². The van der Waals surface area contributed by atoms with Gasteiger partial charge in [0.1, 0.15) is 5.75 Å². The molecule has 2 heterocycles. The van der Waals surface area contributed by atoms with Gasteiger partial charge in [0.15, 0.2) is 17.3 Å². The second-order valence-corrected chi connectivity index (χ2v) is 6.61. The average Bonchev–Trinajstić information content (AvgIpc) is 3.39. The highest BCUT2D eigenvalue weighted by atomic mass is 16.5. The molecule has 0 aliphatic rings. The molecule has 7 heteroatoms. The number of carbonyl (C=O) groups excluding carboxylic acids is 1. The molecule has 0 aliphatic carbocycles. The van der Waals surface area contributed by atoms with Crippen LogP contribution in [0.2, 0.25) is 0 Å². The Bertz CT molecular complexity index is 1130. The van der Waals surface area contributed by atoms with E-state index >= 15 is 0 Å². The first-order valence-corrected chi connectivity index (χ1v) is 9.13. The van der Waals surface area contributed by atoms with Crippen LogP contribution in [-0.4, -0.2) is 28.0 Å². The van der Waals surface area contributed by atoms with Gasteiger partial charge in [-0.1, -0.05) is 47.1 Å².